The number of carbonyl (C=O) groups excluding carboxylic acids is 3. The van der Waals surface area contributed by atoms with Crippen molar-refractivity contribution in [3.63, 3.8) is 0 Å². The number of hydrogen-bond donors (Lipinski definition) is 0. The Labute approximate surface area is 162 Å². The van der Waals surface area contributed by atoms with E-state index in [1.54, 1.807) is 0 Å². The van der Waals surface area contributed by atoms with Crippen LogP contribution in [0.1, 0.15) is 78.6 Å². The first kappa shape index (κ1) is 19.1. The Bertz CT molecular complexity index is 655. The van der Waals surface area contributed by atoms with Crippen molar-refractivity contribution < 1.29 is 19.1 Å². The molecule has 0 aliphatic heterocycles. The SMILES string of the molecule is CC(=O)OCC(=O)[C@@H]1CC[C@@H]2[C@@H]3CC[C@H]4CC(=O)CC[C@]4(C)[C@H]3CC[C@@]21C. The molecule has 0 amide bonds. The van der Waals surface area contributed by atoms with Crippen LogP contribution in [0.5, 0.6) is 0 Å². The van der Waals surface area contributed by atoms with E-state index in [-0.39, 0.29) is 29.7 Å². The summed E-state index contributed by atoms with van der Waals surface area (Å²) in [5.74, 6) is 2.86. The van der Waals surface area contributed by atoms with Crippen LogP contribution in [0.15, 0.2) is 0 Å². The molecule has 0 aromatic carbocycles. The van der Waals surface area contributed by atoms with Crippen LogP contribution in [-0.2, 0) is 19.1 Å². The van der Waals surface area contributed by atoms with Crippen molar-refractivity contribution in [1.29, 1.82) is 0 Å². The van der Waals surface area contributed by atoms with Crippen molar-refractivity contribution in [2.24, 2.45) is 40.4 Å². The zero-order chi connectivity index (χ0) is 19.4. The van der Waals surface area contributed by atoms with Crippen molar-refractivity contribution in [3.05, 3.63) is 0 Å². The summed E-state index contributed by atoms with van der Waals surface area (Å²) in [5.41, 5.74) is 0.379. The number of rotatable bonds is 3. The largest absolute Gasteiger partial charge is 0.458 e. The van der Waals surface area contributed by atoms with E-state index in [4.69, 9.17) is 4.74 Å². The highest BCUT2D eigenvalue weighted by atomic mass is 16.5. The predicted octanol–water partition coefficient (Wildman–Crippen LogP) is 4.35. The zero-order valence-electron chi connectivity index (χ0n) is 17.1. The maximum atomic E-state index is 12.8. The lowest BCUT2D eigenvalue weighted by Crippen LogP contribution is -2.54. The smallest absolute Gasteiger partial charge is 0.303 e. The second-order valence-electron chi connectivity index (χ2n) is 10.3. The van der Waals surface area contributed by atoms with Gasteiger partial charge in [0, 0.05) is 25.7 Å². The molecule has 4 saturated carbocycles. The van der Waals surface area contributed by atoms with E-state index >= 15 is 0 Å². The van der Waals surface area contributed by atoms with E-state index in [1.165, 1.54) is 26.2 Å². The summed E-state index contributed by atoms with van der Waals surface area (Å²) < 4.78 is 5.02. The highest BCUT2D eigenvalue weighted by molar-refractivity contribution is 5.85. The zero-order valence-corrected chi connectivity index (χ0v) is 17.1. The Kier molecular flexibility index (Phi) is 4.75. The fraction of sp³-hybridized carbons (Fsp3) is 0.870. The molecule has 4 nitrogen and oxygen atoms in total. The number of hydrogen-bond acceptors (Lipinski definition) is 4. The number of esters is 1. The van der Waals surface area contributed by atoms with E-state index in [2.05, 4.69) is 13.8 Å². The van der Waals surface area contributed by atoms with Crippen LogP contribution in [0.2, 0.25) is 0 Å². The van der Waals surface area contributed by atoms with Crippen molar-refractivity contribution in [2.45, 2.75) is 78.6 Å². The minimum atomic E-state index is -0.371. The average molecular weight is 375 g/mol. The molecular formula is C23H34O4. The monoisotopic (exact) mass is 374 g/mol. The first-order valence-electron chi connectivity index (χ1n) is 10.9. The lowest BCUT2D eigenvalue weighted by atomic mass is 9.44. The molecule has 0 spiro atoms. The summed E-state index contributed by atoms with van der Waals surface area (Å²) in [6, 6.07) is 0. The second kappa shape index (κ2) is 6.70. The third-order valence-corrected chi connectivity index (χ3v) is 9.29. The predicted molar refractivity (Wildman–Crippen MR) is 102 cm³/mol. The summed E-state index contributed by atoms with van der Waals surface area (Å²) in [5, 5.41) is 0. The first-order valence-corrected chi connectivity index (χ1v) is 10.9. The fourth-order valence-corrected chi connectivity index (χ4v) is 7.85. The maximum Gasteiger partial charge on any atom is 0.303 e. The molecule has 4 heteroatoms. The third-order valence-electron chi connectivity index (χ3n) is 9.29. The molecule has 0 unspecified atom stereocenters. The average Bonchev–Trinajstić information content (AvgIpc) is 2.97. The molecular weight excluding hydrogens is 340 g/mol. The third kappa shape index (κ3) is 2.98. The molecule has 0 bridgehead atoms. The minimum Gasteiger partial charge on any atom is -0.458 e. The van der Waals surface area contributed by atoms with E-state index in [0.717, 1.165) is 38.5 Å². The van der Waals surface area contributed by atoms with Gasteiger partial charge in [0.2, 0.25) is 0 Å². The molecule has 4 fully saturated rings. The van der Waals surface area contributed by atoms with E-state index in [1.807, 2.05) is 0 Å². The summed E-state index contributed by atoms with van der Waals surface area (Å²) in [6.45, 7) is 6.10. The van der Waals surface area contributed by atoms with Crippen molar-refractivity contribution >= 4 is 17.5 Å². The van der Waals surface area contributed by atoms with Crippen LogP contribution in [0, 0.1) is 40.4 Å². The molecule has 27 heavy (non-hydrogen) atoms. The van der Waals surface area contributed by atoms with Gasteiger partial charge in [-0.3, -0.25) is 14.4 Å². The lowest BCUT2D eigenvalue weighted by molar-refractivity contribution is -0.151. The Morgan fingerprint density at radius 3 is 2.48 bits per heavy atom. The van der Waals surface area contributed by atoms with Crippen LogP contribution >= 0.6 is 0 Å². The molecule has 7 atom stereocenters. The molecule has 0 radical (unpaired) electrons. The number of Topliss-reactive ketones (excluding diaryl/α,β-unsaturated/α-hetero) is 2. The molecule has 0 aromatic heterocycles. The topological polar surface area (TPSA) is 60.4 Å². The van der Waals surface area contributed by atoms with Gasteiger partial charge in [0.15, 0.2) is 5.78 Å². The molecule has 4 aliphatic carbocycles. The molecule has 150 valence electrons. The molecule has 0 saturated heterocycles. The van der Waals surface area contributed by atoms with Crippen LogP contribution in [-0.4, -0.2) is 24.1 Å². The van der Waals surface area contributed by atoms with Gasteiger partial charge in [-0.1, -0.05) is 13.8 Å². The Balaban J connectivity index is 1.53. The van der Waals surface area contributed by atoms with Crippen LogP contribution in [0.4, 0.5) is 0 Å². The van der Waals surface area contributed by atoms with Gasteiger partial charge in [-0.2, -0.15) is 0 Å². The summed E-state index contributed by atoms with van der Waals surface area (Å²) in [6.07, 6.45) is 9.41. The standard InChI is InChI=1S/C23H34O4/c1-14(24)27-13-21(26)20-7-6-18-17-5-4-15-12-16(25)8-10-22(15,2)19(17)9-11-23(18,20)3/h15,17-20H,4-13H2,1-3H3/t15-,17-,18+,19-,20-,22-,23-/m0/s1. The van der Waals surface area contributed by atoms with Gasteiger partial charge in [0.25, 0.3) is 0 Å². The molecule has 4 aliphatic rings. The number of carbonyl (C=O) groups is 3. The highest BCUT2D eigenvalue weighted by Gasteiger charge is 2.61. The van der Waals surface area contributed by atoms with Crippen molar-refractivity contribution in [1.82, 2.24) is 0 Å². The minimum absolute atomic E-state index is 0.0428. The maximum absolute atomic E-state index is 12.8. The number of fused-ring (bicyclic) bond motifs is 5. The highest BCUT2D eigenvalue weighted by Crippen LogP contribution is 2.67. The molecule has 0 aromatic rings. The van der Waals surface area contributed by atoms with Gasteiger partial charge in [-0.15, -0.1) is 0 Å². The molecule has 4 rings (SSSR count). The normalized spacial score (nSPS) is 46.2. The van der Waals surface area contributed by atoms with Crippen LogP contribution < -0.4 is 0 Å². The van der Waals surface area contributed by atoms with Gasteiger partial charge >= 0.3 is 5.97 Å². The Morgan fingerprint density at radius 2 is 1.74 bits per heavy atom. The van der Waals surface area contributed by atoms with Gasteiger partial charge in [-0.25, -0.2) is 0 Å². The van der Waals surface area contributed by atoms with Gasteiger partial charge in [-0.05, 0) is 79.4 Å². The Morgan fingerprint density at radius 1 is 1.00 bits per heavy atom. The van der Waals surface area contributed by atoms with Crippen molar-refractivity contribution in [2.75, 3.05) is 6.61 Å². The summed E-state index contributed by atoms with van der Waals surface area (Å²) in [7, 11) is 0. The van der Waals surface area contributed by atoms with E-state index in [0.29, 0.717) is 34.9 Å². The van der Waals surface area contributed by atoms with Crippen LogP contribution in [0.3, 0.4) is 0 Å². The first-order chi connectivity index (χ1) is 12.8. The van der Waals surface area contributed by atoms with Gasteiger partial charge in [0.05, 0.1) is 0 Å². The summed E-state index contributed by atoms with van der Waals surface area (Å²) in [4.78, 5) is 35.9. The summed E-state index contributed by atoms with van der Waals surface area (Å²) >= 11 is 0. The fourth-order valence-electron chi connectivity index (χ4n) is 7.85. The van der Waals surface area contributed by atoms with Crippen LogP contribution in [0.25, 0.3) is 0 Å². The van der Waals surface area contributed by atoms with E-state index < -0.39 is 0 Å². The molecule has 0 heterocycles. The van der Waals surface area contributed by atoms with Crippen molar-refractivity contribution in [3.8, 4) is 0 Å². The lowest BCUT2D eigenvalue weighted by Gasteiger charge is -2.60. The second-order valence-corrected chi connectivity index (χ2v) is 10.3. The van der Waals surface area contributed by atoms with Gasteiger partial charge in [0.1, 0.15) is 12.4 Å². The number of ketones is 2. The number of ether oxygens (including phenoxy) is 1. The Hall–Kier alpha value is -1.19. The van der Waals surface area contributed by atoms with E-state index in [9.17, 15) is 14.4 Å². The van der Waals surface area contributed by atoms with Gasteiger partial charge < -0.3 is 4.74 Å². The quantitative estimate of drug-likeness (QED) is 0.689. The molecule has 0 N–H and O–H groups in total.